The van der Waals surface area contributed by atoms with Gasteiger partial charge in [0.15, 0.2) is 0 Å². The third-order valence-corrected chi connectivity index (χ3v) is 5.53. The quantitative estimate of drug-likeness (QED) is 0.852. The fourth-order valence-electron chi connectivity index (χ4n) is 4.02. The molecule has 1 amide bonds. The van der Waals surface area contributed by atoms with Crippen LogP contribution in [0.5, 0.6) is 0 Å². The lowest BCUT2D eigenvalue weighted by atomic mass is 10.00. The van der Waals surface area contributed by atoms with Crippen LogP contribution in [0.25, 0.3) is 0 Å². The number of hydrogen-bond donors (Lipinski definition) is 1. The number of carbonyl (C=O) groups is 1. The monoisotopic (exact) mass is 369 g/mol. The Kier molecular flexibility index (Phi) is 5.38. The van der Waals surface area contributed by atoms with Gasteiger partial charge in [0.25, 0.3) is 0 Å². The minimum atomic E-state index is -0.158. The molecule has 0 bridgehead atoms. The second kappa shape index (κ2) is 8.08. The van der Waals surface area contributed by atoms with E-state index in [9.17, 15) is 9.59 Å². The summed E-state index contributed by atoms with van der Waals surface area (Å²) in [5.74, 6) is 0.667. The van der Waals surface area contributed by atoms with Crippen molar-refractivity contribution in [1.29, 1.82) is 0 Å². The average molecular weight is 369 g/mol. The van der Waals surface area contributed by atoms with E-state index in [0.717, 1.165) is 57.6 Å². The van der Waals surface area contributed by atoms with Gasteiger partial charge in [-0.05, 0) is 30.4 Å². The van der Waals surface area contributed by atoms with Crippen LogP contribution >= 0.6 is 0 Å². The zero-order valence-electron chi connectivity index (χ0n) is 15.7. The maximum absolute atomic E-state index is 12.4. The number of rotatable bonds is 5. The van der Waals surface area contributed by atoms with Crippen molar-refractivity contribution in [2.75, 3.05) is 19.6 Å². The van der Waals surface area contributed by atoms with Crippen molar-refractivity contribution in [3.63, 3.8) is 0 Å². The molecule has 0 aliphatic carbocycles. The van der Waals surface area contributed by atoms with E-state index < -0.39 is 0 Å². The molecule has 2 aliphatic heterocycles. The van der Waals surface area contributed by atoms with Gasteiger partial charge >= 0.3 is 5.69 Å². The third kappa shape index (κ3) is 4.13. The number of hydrogen-bond acceptors (Lipinski definition) is 4. The Morgan fingerprint density at radius 1 is 1.07 bits per heavy atom. The number of amides is 1. The molecule has 0 saturated carbocycles. The molecule has 1 aromatic heterocycles. The smallest absolute Gasteiger partial charge is 0.346 e. The topological polar surface area (TPSA) is 72.2 Å². The first-order valence-electron chi connectivity index (χ1n) is 9.93. The summed E-state index contributed by atoms with van der Waals surface area (Å²) in [6.07, 6.45) is 5.07. The Balaban J connectivity index is 1.27. The molecule has 0 radical (unpaired) electrons. The molecule has 0 unspecified atom stereocenters. The van der Waals surface area contributed by atoms with Crippen molar-refractivity contribution in [2.24, 2.45) is 0 Å². The Bertz CT molecular complexity index is 869. The molecule has 1 N–H and O–H groups in total. The zero-order valence-corrected chi connectivity index (χ0v) is 15.7. The average Bonchev–Trinajstić information content (AvgIpc) is 2.85. The summed E-state index contributed by atoms with van der Waals surface area (Å²) in [5, 5.41) is 7.30. The third-order valence-electron chi connectivity index (χ3n) is 5.53. The second-order valence-electron chi connectivity index (χ2n) is 7.46. The fourth-order valence-corrected chi connectivity index (χ4v) is 4.02. The number of aryl methyl sites for hydroxylation is 1. The van der Waals surface area contributed by atoms with Gasteiger partial charge in [0, 0.05) is 39.1 Å². The Morgan fingerprint density at radius 3 is 2.81 bits per heavy atom. The molecule has 7 heteroatoms. The van der Waals surface area contributed by atoms with Crippen molar-refractivity contribution in [2.45, 2.75) is 51.7 Å². The Hall–Kier alpha value is -2.41. The predicted octanol–water partition coefficient (Wildman–Crippen LogP) is 0.946. The van der Waals surface area contributed by atoms with E-state index in [4.69, 9.17) is 0 Å². The number of aromatic nitrogens is 3. The van der Waals surface area contributed by atoms with Crippen LogP contribution in [0, 0.1) is 0 Å². The molecular formula is C20H27N5O2. The molecule has 3 heterocycles. The van der Waals surface area contributed by atoms with Crippen molar-refractivity contribution in [3.8, 4) is 0 Å². The maximum Gasteiger partial charge on any atom is 0.346 e. The lowest BCUT2D eigenvalue weighted by molar-refractivity contribution is -0.121. The van der Waals surface area contributed by atoms with Crippen LogP contribution in [0.2, 0.25) is 0 Å². The Morgan fingerprint density at radius 2 is 1.93 bits per heavy atom. The lowest BCUT2D eigenvalue weighted by Gasteiger charge is -2.28. The van der Waals surface area contributed by atoms with Crippen LogP contribution in [0.4, 0.5) is 0 Å². The van der Waals surface area contributed by atoms with Crippen molar-refractivity contribution in [3.05, 3.63) is 51.7 Å². The first-order valence-corrected chi connectivity index (χ1v) is 9.93. The molecule has 1 aromatic carbocycles. The lowest BCUT2D eigenvalue weighted by Crippen LogP contribution is -2.40. The van der Waals surface area contributed by atoms with E-state index in [2.05, 4.69) is 39.6 Å². The summed E-state index contributed by atoms with van der Waals surface area (Å²) < 4.78 is 3.04. The van der Waals surface area contributed by atoms with Gasteiger partial charge < -0.3 is 5.32 Å². The zero-order chi connectivity index (χ0) is 18.6. The van der Waals surface area contributed by atoms with Crippen LogP contribution in [-0.2, 0) is 37.3 Å². The fraction of sp³-hybridized carbons (Fsp3) is 0.550. The predicted molar refractivity (Wildman–Crippen MR) is 102 cm³/mol. The van der Waals surface area contributed by atoms with Crippen LogP contribution in [0.15, 0.2) is 29.1 Å². The van der Waals surface area contributed by atoms with Gasteiger partial charge in [-0.15, -0.1) is 0 Å². The van der Waals surface area contributed by atoms with Gasteiger partial charge in [0.2, 0.25) is 5.91 Å². The molecule has 4 rings (SSSR count). The second-order valence-corrected chi connectivity index (χ2v) is 7.46. The first-order chi connectivity index (χ1) is 13.2. The highest BCUT2D eigenvalue weighted by Crippen LogP contribution is 2.17. The number of nitrogens with zero attached hydrogens (tertiary/aromatic N) is 4. The minimum Gasteiger partial charge on any atom is -0.353 e. The molecule has 7 nitrogen and oxygen atoms in total. The molecule has 2 aromatic rings. The number of benzene rings is 1. The summed E-state index contributed by atoms with van der Waals surface area (Å²) >= 11 is 0. The van der Waals surface area contributed by atoms with Crippen molar-refractivity contribution in [1.82, 2.24) is 24.6 Å². The van der Waals surface area contributed by atoms with Gasteiger partial charge in [-0.1, -0.05) is 30.7 Å². The summed E-state index contributed by atoms with van der Waals surface area (Å²) in [4.78, 5) is 27.0. The van der Waals surface area contributed by atoms with Crippen molar-refractivity contribution >= 4 is 5.91 Å². The van der Waals surface area contributed by atoms with Gasteiger partial charge in [-0.3, -0.25) is 14.3 Å². The number of carbonyl (C=O) groups excluding carboxylic acids is 1. The van der Waals surface area contributed by atoms with E-state index in [1.165, 1.54) is 15.8 Å². The van der Waals surface area contributed by atoms with Gasteiger partial charge in [0.1, 0.15) is 12.4 Å². The molecule has 0 atom stereocenters. The molecule has 2 aliphatic rings. The van der Waals surface area contributed by atoms with Gasteiger partial charge in [0.05, 0.1) is 0 Å². The largest absolute Gasteiger partial charge is 0.353 e. The number of nitrogens with one attached hydrogen (secondary N) is 1. The van der Waals surface area contributed by atoms with Crippen LogP contribution in [0.1, 0.15) is 36.2 Å². The highest BCUT2D eigenvalue weighted by molar-refractivity contribution is 5.75. The summed E-state index contributed by atoms with van der Waals surface area (Å²) in [6.45, 7) is 4.06. The van der Waals surface area contributed by atoms with E-state index in [1.54, 1.807) is 4.57 Å². The van der Waals surface area contributed by atoms with Crippen LogP contribution < -0.4 is 11.0 Å². The highest BCUT2D eigenvalue weighted by Gasteiger charge is 2.18. The molecule has 0 fully saturated rings. The highest BCUT2D eigenvalue weighted by atomic mass is 16.2. The van der Waals surface area contributed by atoms with Crippen LogP contribution in [0.3, 0.4) is 0 Å². The van der Waals surface area contributed by atoms with Gasteiger partial charge in [-0.2, -0.15) is 5.10 Å². The molecule has 0 saturated heterocycles. The van der Waals surface area contributed by atoms with E-state index in [-0.39, 0.29) is 18.1 Å². The molecule has 0 spiro atoms. The molecule has 27 heavy (non-hydrogen) atoms. The summed E-state index contributed by atoms with van der Waals surface area (Å²) in [6, 6.07) is 8.54. The minimum absolute atomic E-state index is 0.00165. The van der Waals surface area contributed by atoms with Gasteiger partial charge in [-0.25, -0.2) is 9.48 Å². The Labute approximate surface area is 159 Å². The van der Waals surface area contributed by atoms with E-state index >= 15 is 0 Å². The van der Waals surface area contributed by atoms with E-state index in [0.29, 0.717) is 13.1 Å². The first kappa shape index (κ1) is 18.0. The SMILES string of the molecule is O=C(Cn1nc2n(c1=O)CCCCC2)NCCN1CCc2ccccc2C1. The standard InChI is InChI=1S/C20H27N5O2/c26-19(15-25-20(27)24-11-5-1-2-8-18(24)22-25)21-10-13-23-12-9-16-6-3-4-7-17(16)14-23/h3-4,6-7H,1-2,5,8-15H2,(H,21,26). The normalized spacial score (nSPS) is 17.0. The number of fused-ring (bicyclic) bond motifs is 2. The maximum atomic E-state index is 12.4. The molecular weight excluding hydrogens is 342 g/mol. The molecule has 144 valence electrons. The van der Waals surface area contributed by atoms with Crippen molar-refractivity contribution < 1.29 is 4.79 Å². The summed E-state index contributed by atoms with van der Waals surface area (Å²) in [7, 11) is 0. The summed E-state index contributed by atoms with van der Waals surface area (Å²) in [5.41, 5.74) is 2.65. The van der Waals surface area contributed by atoms with E-state index in [1.807, 2.05) is 0 Å². The van der Waals surface area contributed by atoms with Crippen LogP contribution in [-0.4, -0.2) is 44.8 Å².